The van der Waals surface area contributed by atoms with E-state index in [0.717, 1.165) is 11.8 Å². The number of halogens is 1. The van der Waals surface area contributed by atoms with E-state index in [9.17, 15) is 13.2 Å². The van der Waals surface area contributed by atoms with Crippen LogP contribution in [-0.2, 0) is 27.8 Å². The second kappa shape index (κ2) is 10.0. The van der Waals surface area contributed by atoms with Gasteiger partial charge in [-0.3, -0.25) is 0 Å². The number of carbonyl (C=O) groups excluding carboxylic acids is 1. The summed E-state index contributed by atoms with van der Waals surface area (Å²) in [5.74, 6) is 0.617. The lowest BCUT2D eigenvalue weighted by Crippen LogP contribution is -2.14. The molecule has 0 amide bonds. The Balaban J connectivity index is 1.69. The molecule has 1 heterocycles. The number of fused-ring (bicyclic) bond motifs is 1. The standard InChI is InChI=1S/C29H22ClNO4S/c30-24-12-11-22(15-16-32)27(19-24)29-18-23-17-25(35-20-21-7-3-1-4-8-21)13-14-28(23)31(29)36(33,34)26-9-5-2-6-10-26/h1-14,16-19H,15,20H2. The van der Waals surface area contributed by atoms with Crippen LogP contribution in [0, 0.1) is 0 Å². The Morgan fingerprint density at radius 1 is 0.833 bits per heavy atom. The Morgan fingerprint density at radius 3 is 2.28 bits per heavy atom. The van der Waals surface area contributed by atoms with Gasteiger partial charge in [0.25, 0.3) is 10.0 Å². The van der Waals surface area contributed by atoms with Crippen LogP contribution in [0.2, 0.25) is 5.02 Å². The lowest BCUT2D eigenvalue weighted by Gasteiger charge is -2.15. The van der Waals surface area contributed by atoms with Gasteiger partial charge in [0.2, 0.25) is 0 Å². The molecule has 0 aliphatic carbocycles. The van der Waals surface area contributed by atoms with Gasteiger partial charge in [-0.05, 0) is 59.7 Å². The second-order valence-electron chi connectivity index (χ2n) is 8.28. The Morgan fingerprint density at radius 2 is 1.56 bits per heavy atom. The van der Waals surface area contributed by atoms with Crippen molar-refractivity contribution in [2.24, 2.45) is 0 Å². The zero-order chi connectivity index (χ0) is 25.1. The van der Waals surface area contributed by atoms with Crippen LogP contribution in [0.3, 0.4) is 0 Å². The topological polar surface area (TPSA) is 65.4 Å². The molecule has 0 spiro atoms. The first-order valence-corrected chi connectivity index (χ1v) is 13.1. The van der Waals surface area contributed by atoms with Crippen molar-refractivity contribution in [2.75, 3.05) is 0 Å². The van der Waals surface area contributed by atoms with E-state index in [1.54, 1.807) is 66.7 Å². The average molecular weight is 516 g/mol. The lowest BCUT2D eigenvalue weighted by atomic mass is 10.0. The number of ether oxygens (including phenoxy) is 1. The molecule has 5 aromatic rings. The Kier molecular flexibility index (Phi) is 6.63. The molecule has 0 fully saturated rings. The predicted octanol–water partition coefficient (Wildman–Crippen LogP) is 6.52. The summed E-state index contributed by atoms with van der Waals surface area (Å²) < 4.78 is 35.1. The highest BCUT2D eigenvalue weighted by molar-refractivity contribution is 7.90. The number of benzene rings is 4. The molecule has 5 rings (SSSR count). The first kappa shape index (κ1) is 23.9. The number of nitrogens with zero attached hydrogens (tertiary/aromatic N) is 1. The molecule has 4 aromatic carbocycles. The van der Waals surface area contributed by atoms with Gasteiger partial charge < -0.3 is 9.53 Å². The van der Waals surface area contributed by atoms with E-state index in [0.29, 0.717) is 45.1 Å². The SMILES string of the molecule is O=CCc1ccc(Cl)cc1-c1cc2cc(OCc3ccccc3)ccc2n1S(=O)(=O)c1ccccc1. The quantitative estimate of drug-likeness (QED) is 0.221. The van der Waals surface area contributed by atoms with E-state index in [-0.39, 0.29) is 11.3 Å². The van der Waals surface area contributed by atoms with Crippen LogP contribution in [0.5, 0.6) is 5.75 Å². The summed E-state index contributed by atoms with van der Waals surface area (Å²) in [7, 11) is -3.97. The summed E-state index contributed by atoms with van der Waals surface area (Å²) >= 11 is 6.31. The van der Waals surface area contributed by atoms with Crippen LogP contribution in [0.25, 0.3) is 22.2 Å². The maximum atomic E-state index is 13.9. The molecule has 5 nitrogen and oxygen atoms in total. The number of aldehydes is 1. The third-order valence-corrected chi connectivity index (χ3v) is 7.89. The highest BCUT2D eigenvalue weighted by Gasteiger charge is 2.25. The Labute approximate surface area is 214 Å². The van der Waals surface area contributed by atoms with Crippen molar-refractivity contribution in [3.05, 3.63) is 119 Å². The van der Waals surface area contributed by atoms with Crippen molar-refractivity contribution in [3.8, 4) is 17.0 Å². The van der Waals surface area contributed by atoms with Crippen molar-refractivity contribution < 1.29 is 17.9 Å². The first-order valence-electron chi connectivity index (χ1n) is 11.3. The summed E-state index contributed by atoms with van der Waals surface area (Å²) in [6.07, 6.45) is 0.922. The van der Waals surface area contributed by atoms with Gasteiger partial charge in [0.05, 0.1) is 16.1 Å². The monoisotopic (exact) mass is 515 g/mol. The van der Waals surface area contributed by atoms with Crippen LogP contribution in [0.4, 0.5) is 0 Å². The fourth-order valence-electron chi connectivity index (χ4n) is 4.20. The molecule has 0 aliphatic rings. The van der Waals surface area contributed by atoms with Gasteiger partial charge in [-0.1, -0.05) is 66.2 Å². The minimum atomic E-state index is -3.97. The molecule has 180 valence electrons. The molecule has 0 saturated carbocycles. The highest BCUT2D eigenvalue weighted by Crippen LogP contribution is 2.36. The minimum Gasteiger partial charge on any atom is -0.489 e. The van der Waals surface area contributed by atoms with Gasteiger partial charge in [0.15, 0.2) is 0 Å². The van der Waals surface area contributed by atoms with Crippen molar-refractivity contribution >= 4 is 38.8 Å². The maximum Gasteiger partial charge on any atom is 0.268 e. The predicted molar refractivity (Wildman–Crippen MR) is 142 cm³/mol. The lowest BCUT2D eigenvalue weighted by molar-refractivity contribution is -0.107. The van der Waals surface area contributed by atoms with Crippen LogP contribution < -0.4 is 4.74 Å². The summed E-state index contributed by atoms with van der Waals surface area (Å²) in [6.45, 7) is 0.389. The molecule has 0 aliphatic heterocycles. The summed E-state index contributed by atoms with van der Waals surface area (Å²) in [5, 5.41) is 1.13. The van der Waals surface area contributed by atoms with Gasteiger partial charge in [-0.25, -0.2) is 12.4 Å². The fourth-order valence-corrected chi connectivity index (χ4v) is 5.92. The second-order valence-corrected chi connectivity index (χ2v) is 10.5. The Hall–Kier alpha value is -3.87. The van der Waals surface area contributed by atoms with Crippen LogP contribution in [-0.4, -0.2) is 18.7 Å². The number of hydrogen-bond donors (Lipinski definition) is 0. The van der Waals surface area contributed by atoms with Gasteiger partial charge >= 0.3 is 0 Å². The molecule has 36 heavy (non-hydrogen) atoms. The molecule has 0 N–H and O–H groups in total. The third-order valence-electron chi connectivity index (χ3n) is 5.91. The summed E-state index contributed by atoms with van der Waals surface area (Å²) in [4.78, 5) is 11.5. The zero-order valence-electron chi connectivity index (χ0n) is 19.2. The summed E-state index contributed by atoms with van der Waals surface area (Å²) in [6, 6.07) is 30.3. The fraction of sp³-hybridized carbons (Fsp3) is 0.0690. The average Bonchev–Trinajstić information content (AvgIpc) is 3.29. The van der Waals surface area contributed by atoms with E-state index in [4.69, 9.17) is 16.3 Å². The van der Waals surface area contributed by atoms with Crippen molar-refractivity contribution in [1.29, 1.82) is 0 Å². The normalized spacial score (nSPS) is 11.5. The van der Waals surface area contributed by atoms with Crippen LogP contribution in [0.15, 0.2) is 108 Å². The summed E-state index contributed by atoms with van der Waals surface area (Å²) in [5.41, 5.74) is 3.21. The largest absolute Gasteiger partial charge is 0.489 e. The molecule has 0 unspecified atom stereocenters. The van der Waals surface area contributed by atoms with E-state index < -0.39 is 10.0 Å². The first-order chi connectivity index (χ1) is 17.5. The molecule has 7 heteroatoms. The number of hydrogen-bond acceptors (Lipinski definition) is 4. The Bertz CT molecular complexity index is 1650. The number of carbonyl (C=O) groups is 1. The van der Waals surface area contributed by atoms with E-state index in [1.165, 1.54) is 3.97 Å². The van der Waals surface area contributed by atoms with Crippen LogP contribution in [0.1, 0.15) is 11.1 Å². The molecule has 0 bridgehead atoms. The highest BCUT2D eigenvalue weighted by atomic mass is 35.5. The smallest absolute Gasteiger partial charge is 0.268 e. The van der Waals surface area contributed by atoms with Crippen molar-refractivity contribution in [2.45, 2.75) is 17.9 Å². The van der Waals surface area contributed by atoms with Gasteiger partial charge in [0, 0.05) is 22.4 Å². The van der Waals surface area contributed by atoms with E-state index in [2.05, 4.69) is 0 Å². The van der Waals surface area contributed by atoms with Gasteiger partial charge in [-0.2, -0.15) is 0 Å². The molecular formula is C29H22ClNO4S. The molecule has 1 aromatic heterocycles. The van der Waals surface area contributed by atoms with E-state index >= 15 is 0 Å². The molecule has 0 radical (unpaired) electrons. The van der Waals surface area contributed by atoms with Crippen molar-refractivity contribution in [3.63, 3.8) is 0 Å². The van der Waals surface area contributed by atoms with Crippen LogP contribution >= 0.6 is 11.6 Å². The van der Waals surface area contributed by atoms with Crippen molar-refractivity contribution in [1.82, 2.24) is 3.97 Å². The molecule has 0 atom stereocenters. The number of rotatable bonds is 8. The maximum absolute atomic E-state index is 13.9. The van der Waals surface area contributed by atoms with E-state index in [1.807, 2.05) is 36.4 Å². The number of aromatic nitrogens is 1. The van der Waals surface area contributed by atoms with Gasteiger partial charge in [-0.15, -0.1) is 0 Å². The minimum absolute atomic E-state index is 0.130. The van der Waals surface area contributed by atoms with Gasteiger partial charge in [0.1, 0.15) is 18.6 Å². The molecular weight excluding hydrogens is 494 g/mol. The molecule has 0 saturated heterocycles. The zero-order valence-corrected chi connectivity index (χ0v) is 20.7. The third kappa shape index (κ3) is 4.65.